The van der Waals surface area contributed by atoms with Crippen LogP contribution >= 0.6 is 35.3 Å². The molecular formula is C21H21N3O6S3. The Morgan fingerprint density at radius 3 is 1.06 bits per heavy atom. The fourth-order valence-corrected chi connectivity index (χ4v) is 6.42. The first-order chi connectivity index (χ1) is 15.8. The summed E-state index contributed by atoms with van der Waals surface area (Å²) in [6.07, 6.45) is 1.52. The van der Waals surface area contributed by atoms with Gasteiger partial charge in [-0.15, -0.1) is 0 Å². The van der Waals surface area contributed by atoms with Gasteiger partial charge in [-0.05, 0) is 37.5 Å². The Morgan fingerprint density at radius 2 is 0.848 bits per heavy atom. The third kappa shape index (κ3) is 5.61. The minimum absolute atomic E-state index is 0.0387. The minimum Gasteiger partial charge on any atom is -0.341 e. The molecule has 174 valence electrons. The van der Waals surface area contributed by atoms with Crippen LogP contribution in [-0.4, -0.2) is 68.5 Å². The van der Waals surface area contributed by atoms with Gasteiger partial charge in [-0.25, -0.2) is 0 Å². The van der Waals surface area contributed by atoms with Gasteiger partial charge >= 0.3 is 0 Å². The van der Waals surface area contributed by atoms with Crippen LogP contribution in [0.1, 0.15) is 50.3 Å². The highest BCUT2D eigenvalue weighted by molar-refractivity contribution is 8.14. The van der Waals surface area contributed by atoms with E-state index in [1.165, 1.54) is 18.2 Å². The summed E-state index contributed by atoms with van der Waals surface area (Å²) in [5.74, 6) is 0.0843. The summed E-state index contributed by atoms with van der Waals surface area (Å²) in [4.78, 5) is 74.2. The van der Waals surface area contributed by atoms with Crippen molar-refractivity contribution in [3.63, 3.8) is 0 Å². The lowest BCUT2D eigenvalue weighted by Gasteiger charge is -2.15. The molecule has 0 spiro atoms. The van der Waals surface area contributed by atoms with Crippen molar-refractivity contribution in [2.24, 2.45) is 0 Å². The van der Waals surface area contributed by atoms with Crippen molar-refractivity contribution in [2.45, 2.75) is 37.4 Å². The maximum Gasteiger partial charge on any atom is 0.251 e. The number of rotatable bonds is 6. The molecule has 0 saturated carbocycles. The van der Waals surface area contributed by atoms with E-state index in [2.05, 4.69) is 16.0 Å². The Morgan fingerprint density at radius 1 is 0.576 bits per heavy atom. The molecule has 3 saturated heterocycles. The molecule has 0 aromatic heterocycles. The molecule has 1 aromatic carbocycles. The molecule has 3 aliphatic rings. The van der Waals surface area contributed by atoms with Gasteiger partial charge in [0.05, 0.1) is 18.1 Å². The smallest absolute Gasteiger partial charge is 0.251 e. The van der Waals surface area contributed by atoms with Crippen molar-refractivity contribution in [2.75, 3.05) is 17.3 Å². The van der Waals surface area contributed by atoms with E-state index >= 15 is 0 Å². The first-order valence-electron chi connectivity index (χ1n) is 10.4. The lowest BCUT2D eigenvalue weighted by Crippen LogP contribution is -2.39. The topological polar surface area (TPSA) is 139 Å². The van der Waals surface area contributed by atoms with E-state index in [0.717, 1.165) is 35.3 Å². The van der Waals surface area contributed by atoms with Crippen LogP contribution in [0.3, 0.4) is 0 Å². The SMILES string of the molecule is O=C(NC1CCSC1=O)c1cc(C(=O)NC2CCSC2=O)cc(C(=O)NC2CCSC2=O)c1. The number of nitrogens with one attached hydrogen (secondary N) is 3. The zero-order chi connectivity index (χ0) is 23.5. The Kier molecular flexibility index (Phi) is 7.45. The second kappa shape index (κ2) is 10.3. The first kappa shape index (κ1) is 23.8. The third-order valence-corrected chi connectivity index (χ3v) is 8.47. The fraction of sp³-hybridized carbons (Fsp3) is 0.429. The Labute approximate surface area is 202 Å². The number of amides is 3. The van der Waals surface area contributed by atoms with E-state index in [9.17, 15) is 28.8 Å². The van der Waals surface area contributed by atoms with Crippen molar-refractivity contribution in [3.05, 3.63) is 34.9 Å². The molecule has 4 rings (SSSR count). The lowest BCUT2D eigenvalue weighted by atomic mass is 10.0. The van der Waals surface area contributed by atoms with Gasteiger partial charge in [0.2, 0.25) is 15.3 Å². The molecule has 12 heteroatoms. The molecule has 33 heavy (non-hydrogen) atoms. The summed E-state index contributed by atoms with van der Waals surface area (Å²) in [6.45, 7) is 0. The quantitative estimate of drug-likeness (QED) is 0.514. The number of carbonyl (C=O) groups is 6. The fourth-order valence-electron chi connectivity index (χ4n) is 3.63. The van der Waals surface area contributed by atoms with Gasteiger partial charge in [0.25, 0.3) is 17.7 Å². The number of carbonyl (C=O) groups excluding carboxylic acids is 6. The maximum absolute atomic E-state index is 12.8. The highest BCUT2D eigenvalue weighted by Crippen LogP contribution is 2.23. The molecule has 1 aromatic rings. The van der Waals surface area contributed by atoms with E-state index in [-0.39, 0.29) is 32.0 Å². The average molecular weight is 508 g/mol. The molecule has 0 bridgehead atoms. The van der Waals surface area contributed by atoms with E-state index in [4.69, 9.17) is 0 Å². The van der Waals surface area contributed by atoms with Crippen LogP contribution in [0.25, 0.3) is 0 Å². The normalized spacial score (nSPS) is 24.7. The van der Waals surface area contributed by atoms with Crippen molar-refractivity contribution < 1.29 is 28.8 Å². The molecular weight excluding hydrogens is 486 g/mol. The van der Waals surface area contributed by atoms with Crippen LogP contribution in [0.5, 0.6) is 0 Å². The molecule has 0 aliphatic carbocycles. The van der Waals surface area contributed by atoms with E-state index in [0.29, 0.717) is 36.5 Å². The van der Waals surface area contributed by atoms with Gasteiger partial charge in [0.15, 0.2) is 0 Å². The van der Waals surface area contributed by atoms with Crippen LogP contribution in [0.4, 0.5) is 0 Å². The van der Waals surface area contributed by atoms with Crippen molar-refractivity contribution in [1.82, 2.24) is 16.0 Å². The van der Waals surface area contributed by atoms with E-state index < -0.39 is 35.8 Å². The first-order valence-corrected chi connectivity index (χ1v) is 13.3. The molecule has 3 fully saturated rings. The lowest BCUT2D eigenvalue weighted by molar-refractivity contribution is -0.112. The minimum atomic E-state index is -0.626. The standard InChI is InChI=1S/C21H21N3O6S3/c25-16(22-13-1-4-31-19(13)28)10-7-11(17(26)23-14-2-5-32-20(14)29)9-12(8-10)18(27)24-15-3-6-33-21(15)30/h7-9,13-15H,1-6H2,(H,22,25)(H,23,26)(H,24,27). The van der Waals surface area contributed by atoms with Gasteiger partial charge < -0.3 is 16.0 Å². The van der Waals surface area contributed by atoms with Crippen LogP contribution in [-0.2, 0) is 14.4 Å². The zero-order valence-electron chi connectivity index (χ0n) is 17.4. The highest BCUT2D eigenvalue weighted by Gasteiger charge is 2.31. The van der Waals surface area contributed by atoms with Gasteiger partial charge in [-0.3, -0.25) is 28.8 Å². The maximum atomic E-state index is 12.8. The molecule has 3 atom stereocenters. The molecule has 3 heterocycles. The Bertz CT molecular complexity index is 905. The van der Waals surface area contributed by atoms with Crippen LogP contribution in [0.15, 0.2) is 18.2 Å². The molecule has 3 aliphatic heterocycles. The van der Waals surface area contributed by atoms with Crippen molar-refractivity contribution in [3.8, 4) is 0 Å². The molecule has 3 unspecified atom stereocenters. The van der Waals surface area contributed by atoms with Crippen molar-refractivity contribution in [1.29, 1.82) is 0 Å². The summed E-state index contributed by atoms with van der Waals surface area (Å²) >= 11 is 3.43. The summed E-state index contributed by atoms with van der Waals surface area (Å²) in [6, 6.07) is 2.11. The number of hydrogen-bond donors (Lipinski definition) is 3. The average Bonchev–Trinajstić information content (AvgIpc) is 3.51. The van der Waals surface area contributed by atoms with Crippen LogP contribution in [0.2, 0.25) is 0 Å². The summed E-state index contributed by atoms with van der Waals surface area (Å²) in [5.41, 5.74) is 0.116. The van der Waals surface area contributed by atoms with E-state index in [1.54, 1.807) is 0 Å². The van der Waals surface area contributed by atoms with E-state index in [1.807, 2.05) is 0 Å². The van der Waals surface area contributed by atoms with Gasteiger partial charge in [0.1, 0.15) is 0 Å². The number of benzene rings is 1. The highest BCUT2D eigenvalue weighted by atomic mass is 32.2. The summed E-state index contributed by atoms with van der Waals surface area (Å²) < 4.78 is 0. The summed E-state index contributed by atoms with van der Waals surface area (Å²) in [5, 5.41) is 7.55. The monoisotopic (exact) mass is 507 g/mol. The molecule has 3 N–H and O–H groups in total. The second-order valence-electron chi connectivity index (χ2n) is 7.75. The number of hydrogen-bond acceptors (Lipinski definition) is 9. The molecule has 0 radical (unpaired) electrons. The Balaban J connectivity index is 1.58. The molecule has 9 nitrogen and oxygen atoms in total. The van der Waals surface area contributed by atoms with Gasteiger partial charge in [-0.1, -0.05) is 35.3 Å². The van der Waals surface area contributed by atoms with Crippen molar-refractivity contribution >= 4 is 68.4 Å². The Hall–Kier alpha value is -2.31. The zero-order valence-corrected chi connectivity index (χ0v) is 19.8. The largest absolute Gasteiger partial charge is 0.341 e. The van der Waals surface area contributed by atoms with Crippen LogP contribution < -0.4 is 16.0 Å². The van der Waals surface area contributed by atoms with Crippen LogP contribution in [0, 0.1) is 0 Å². The summed E-state index contributed by atoms with van der Waals surface area (Å²) in [7, 11) is 0. The third-order valence-electron chi connectivity index (χ3n) is 5.44. The predicted octanol–water partition coefficient (Wildman–Crippen LogP) is 0.972. The number of thioether (sulfide) groups is 3. The second-order valence-corrected chi connectivity index (χ2v) is 11.0. The predicted molar refractivity (Wildman–Crippen MR) is 126 cm³/mol. The molecule has 3 amide bonds. The van der Waals surface area contributed by atoms with Gasteiger partial charge in [0, 0.05) is 33.9 Å². The van der Waals surface area contributed by atoms with Gasteiger partial charge in [-0.2, -0.15) is 0 Å².